The molecule has 0 amide bonds. The van der Waals surface area contributed by atoms with Gasteiger partial charge in [0.05, 0.1) is 34.1 Å². The van der Waals surface area contributed by atoms with Crippen molar-refractivity contribution in [3.8, 4) is 27.3 Å². The summed E-state index contributed by atoms with van der Waals surface area (Å²) in [5.74, 6) is 4.15. The SMILES string of the molecule is CC(C)(C)c1cc(OP(c2cccc3cccnc23)c2cccc3cccnc23)cc(C(C)(C)C)c1.CC(C)(C)c1ccc2oc(-c3ccc(-c4nc5cc(C(C)(C)C)ccc5o4)s3)nc2c1.CC(C)P(C(C)C)C1C(N(C)C)=Cc2ccccc21.CC(C)c1cccc(C(C)C)c1N1C=CN(c2c(C(C)C)cccc2C(C)C)C1.CN(C)CCN(C)CCN(C)C.Cc1cccc(C)c1N1CCN(c2c(C)cccc2C)C1. The van der Waals surface area contributed by atoms with Crippen LogP contribution in [0.2, 0.25) is 0 Å². The fourth-order valence-corrected chi connectivity index (χ4v) is 26.3. The highest BCUT2D eigenvalue weighted by molar-refractivity contribution is 7.69. The summed E-state index contributed by atoms with van der Waals surface area (Å²) in [5, 5.41) is 4.41. The number of pyridine rings is 2. The number of hydrogen-bond donors (Lipinski definition) is 0. The molecule has 18 rings (SSSR count). The Hall–Kier alpha value is -11.3. The van der Waals surface area contributed by atoms with Gasteiger partial charge in [0, 0.05) is 134 Å². The highest BCUT2D eigenvalue weighted by Crippen LogP contribution is 2.64. The molecule has 3 aliphatic rings. The first kappa shape index (κ1) is 114. The van der Waals surface area contributed by atoms with Crippen LogP contribution in [0.15, 0.2) is 264 Å². The largest absolute Gasteiger partial charge is 0.464 e. The number of oxazole rings is 2. The normalized spacial score (nSPS) is 13.9. The summed E-state index contributed by atoms with van der Waals surface area (Å²) in [4.78, 5) is 40.0. The third-order valence-electron chi connectivity index (χ3n) is 28.3. The van der Waals surface area contributed by atoms with Crippen LogP contribution in [0.25, 0.3) is 71.6 Å². The molecular weight excluding hydrogens is 1870 g/mol. The van der Waals surface area contributed by atoms with Gasteiger partial charge in [-0.15, -0.1) is 11.3 Å². The molecule has 1 fully saturated rings. The zero-order valence-corrected chi connectivity index (χ0v) is 98.4. The van der Waals surface area contributed by atoms with E-state index in [-0.39, 0.29) is 29.6 Å². The van der Waals surface area contributed by atoms with Gasteiger partial charge in [0.25, 0.3) is 0 Å². The molecule has 7 heterocycles. The number of nitrogens with zero attached hydrogens (tertiary/aromatic N) is 12. The van der Waals surface area contributed by atoms with E-state index in [4.69, 9.17) is 33.3 Å². The fraction of sp³-hybridized carbons (Fsp3) is 0.415. The zero-order valence-electron chi connectivity index (χ0n) is 95.8. The molecule has 148 heavy (non-hydrogen) atoms. The predicted octanol–water partition coefficient (Wildman–Crippen LogP) is 32.9. The van der Waals surface area contributed by atoms with Crippen LogP contribution >= 0.6 is 27.4 Å². The van der Waals surface area contributed by atoms with Gasteiger partial charge in [0.15, 0.2) is 19.3 Å². The number of allylic oxidation sites excluding steroid dienone is 1. The van der Waals surface area contributed by atoms with E-state index in [9.17, 15) is 0 Å². The number of likely N-dealkylation sites (N-methyl/N-ethyl adjacent to an activating group) is 4. The lowest BCUT2D eigenvalue weighted by molar-refractivity contribution is 0.254. The van der Waals surface area contributed by atoms with Gasteiger partial charge in [-0.05, 0) is 276 Å². The summed E-state index contributed by atoms with van der Waals surface area (Å²) >= 11 is 1.58. The topological polar surface area (TPSA) is 113 Å². The molecule has 0 radical (unpaired) electrons. The van der Waals surface area contributed by atoms with E-state index in [0.717, 1.165) is 134 Å². The minimum absolute atomic E-state index is 0.00409. The number of aromatic nitrogens is 4. The number of rotatable bonds is 24. The van der Waals surface area contributed by atoms with Gasteiger partial charge in [-0.2, -0.15) is 0 Å². The Balaban J connectivity index is 0.000000152. The highest BCUT2D eigenvalue weighted by Gasteiger charge is 2.38. The van der Waals surface area contributed by atoms with Gasteiger partial charge in [-0.25, -0.2) is 9.97 Å². The van der Waals surface area contributed by atoms with Crippen molar-refractivity contribution in [3.63, 3.8) is 0 Å². The predicted molar refractivity (Wildman–Crippen MR) is 644 cm³/mol. The van der Waals surface area contributed by atoms with Gasteiger partial charge in [-0.3, -0.25) is 9.97 Å². The maximum Gasteiger partial charge on any atom is 0.237 e. The molecule has 0 spiro atoms. The first-order chi connectivity index (χ1) is 69.9. The number of benzene rings is 10. The maximum absolute atomic E-state index is 7.06. The molecule has 1 unspecified atom stereocenters. The lowest BCUT2D eigenvalue weighted by Crippen LogP contribution is -2.33. The number of para-hydroxylation sites is 6. The van der Waals surface area contributed by atoms with Crippen LogP contribution < -0.4 is 34.7 Å². The summed E-state index contributed by atoms with van der Waals surface area (Å²) in [6, 6.07) is 79.9. The summed E-state index contributed by atoms with van der Waals surface area (Å²) in [5.41, 5.74) is 33.9. The molecule has 784 valence electrons. The molecule has 1 aliphatic carbocycles. The average Bonchev–Trinajstić information content (AvgIpc) is 0.922. The molecule has 10 aromatic carbocycles. The van der Waals surface area contributed by atoms with Crippen molar-refractivity contribution in [1.29, 1.82) is 0 Å². The summed E-state index contributed by atoms with van der Waals surface area (Å²) in [6.45, 7) is 72.1. The van der Waals surface area contributed by atoms with Crippen molar-refractivity contribution >= 4 is 111 Å². The van der Waals surface area contributed by atoms with Gasteiger partial charge in [-0.1, -0.05) is 326 Å². The Morgan fingerprint density at radius 1 is 0.399 bits per heavy atom. The van der Waals surface area contributed by atoms with Crippen molar-refractivity contribution in [2.45, 2.75) is 256 Å². The van der Waals surface area contributed by atoms with E-state index in [1.165, 1.54) is 101 Å². The molecule has 15 aromatic rings. The van der Waals surface area contributed by atoms with Crippen molar-refractivity contribution in [2.24, 2.45) is 0 Å². The maximum atomic E-state index is 7.06. The quantitative estimate of drug-likeness (QED) is 0.0535. The van der Waals surface area contributed by atoms with Crippen LogP contribution in [0.4, 0.5) is 22.7 Å². The molecule has 18 heteroatoms. The summed E-state index contributed by atoms with van der Waals surface area (Å²) in [7, 11) is 13.7. The molecular formula is C130H170N12O3P2S. The van der Waals surface area contributed by atoms with Crippen LogP contribution in [-0.4, -0.2) is 153 Å². The van der Waals surface area contributed by atoms with E-state index in [1.54, 1.807) is 16.9 Å². The second-order valence-corrected chi connectivity index (χ2v) is 53.5. The molecule has 2 aliphatic heterocycles. The number of thiophene rings is 1. The first-order valence-corrected chi connectivity index (χ1v) is 57.1. The van der Waals surface area contributed by atoms with Gasteiger partial charge in [0.2, 0.25) is 11.8 Å². The Labute approximate surface area is 895 Å². The third kappa shape index (κ3) is 28.1. The standard InChI is InChI=1S/C32H33N2OP.C27H38N2.C26H26N2O2S.C19H24N2.C17H26NP.C9H23N3/c1-31(2,3)24-19-25(32(4,5)6)21-26(20-24)35-36(27-15-7-11-22-13-9-17-33-29(22)27)28-16-8-12-23-14-10-18-34-30(23)28;1-18(2)22-11-9-12-23(19(3)4)26(22)28-15-16-29(17-28)27-24(20(5)6)13-10-14-25(27)21(7)8;1-25(2,3)15-7-9-19-17(13-15)27-23(29-19)21-11-12-22(31-21)24-28-18-14-16(26(4,5)6)8-10-20(18)30-24;1-14-7-5-8-15(2)18(14)20-11-12-21(13-20)19-16(3)9-6-10-17(19)4;1-12(2)19(13(3)4)17-15-10-8-7-9-14(15)11-16(17)18(5)6;1-10(2)6-8-12(5)9-7-11(3)4/h7-21H,1-6H3;9-16,18-21H,17H2,1-8H3;7-14H,1-6H3;5-10H,11-13H2,1-4H3;7-13,17H,1-6H3;6-9H2,1-5H3. The molecule has 1 atom stereocenters. The number of fused-ring (bicyclic) bond motifs is 5. The minimum atomic E-state index is -1.25. The second kappa shape index (κ2) is 49.2. The molecule has 15 nitrogen and oxygen atoms in total. The Morgan fingerprint density at radius 2 is 0.777 bits per heavy atom. The van der Waals surface area contributed by atoms with E-state index < -0.39 is 8.15 Å². The van der Waals surface area contributed by atoms with Crippen LogP contribution in [0.5, 0.6) is 5.75 Å². The van der Waals surface area contributed by atoms with Gasteiger partial charge in [0.1, 0.15) is 16.8 Å². The van der Waals surface area contributed by atoms with Crippen LogP contribution in [0.3, 0.4) is 0 Å². The van der Waals surface area contributed by atoms with Crippen LogP contribution in [0, 0.1) is 27.7 Å². The minimum Gasteiger partial charge on any atom is -0.464 e. The van der Waals surface area contributed by atoms with Gasteiger partial charge >= 0.3 is 0 Å². The van der Waals surface area contributed by atoms with E-state index in [0.29, 0.717) is 41.1 Å². The van der Waals surface area contributed by atoms with E-state index >= 15 is 0 Å². The molecule has 1 saturated heterocycles. The van der Waals surface area contributed by atoms with Crippen LogP contribution in [-0.2, 0) is 21.7 Å². The van der Waals surface area contributed by atoms with E-state index in [1.807, 2.05) is 48.8 Å². The lowest BCUT2D eigenvalue weighted by Gasteiger charge is -2.36. The second-order valence-electron chi connectivity index (χ2n) is 47.2. The van der Waals surface area contributed by atoms with Gasteiger partial charge < -0.3 is 52.6 Å². The van der Waals surface area contributed by atoms with Crippen molar-refractivity contribution in [1.82, 2.24) is 39.5 Å². The Bertz CT molecular complexity index is 6570. The van der Waals surface area contributed by atoms with Crippen molar-refractivity contribution in [2.75, 3.05) is 122 Å². The summed E-state index contributed by atoms with van der Waals surface area (Å²) < 4.78 is 19.1. The zero-order chi connectivity index (χ0) is 107. The monoisotopic (exact) mass is 2040 g/mol. The summed E-state index contributed by atoms with van der Waals surface area (Å²) in [6.07, 6.45) is 10.7. The third-order valence-corrected chi connectivity index (χ3v) is 34.8. The number of aryl methyl sites for hydroxylation is 4. The number of anilines is 4. The van der Waals surface area contributed by atoms with Crippen LogP contribution in [0.1, 0.15) is 273 Å². The molecule has 0 saturated carbocycles. The Morgan fingerprint density at radius 3 is 1.15 bits per heavy atom. The smallest absolute Gasteiger partial charge is 0.237 e. The Kier molecular flexibility index (Phi) is 37.8. The number of hydrogen-bond acceptors (Lipinski definition) is 16. The highest BCUT2D eigenvalue weighted by atomic mass is 32.1. The molecule has 0 bridgehead atoms. The molecule has 5 aromatic heterocycles. The molecule has 0 N–H and O–H groups in total. The van der Waals surface area contributed by atoms with Crippen molar-refractivity contribution < 1.29 is 13.4 Å². The average molecular weight is 2040 g/mol. The fourth-order valence-electron chi connectivity index (χ4n) is 19.9. The van der Waals surface area contributed by atoms with Crippen molar-refractivity contribution in [3.05, 3.63) is 333 Å². The first-order valence-electron chi connectivity index (χ1n) is 53.5. The lowest BCUT2D eigenvalue weighted by atomic mass is 9.80. The van der Waals surface area contributed by atoms with E-state index in [2.05, 4.69) is 489 Å².